The summed E-state index contributed by atoms with van der Waals surface area (Å²) in [6.07, 6.45) is 1.92. The number of amides is 2. The molecular formula is C20H21N3O2. The molecule has 25 heavy (non-hydrogen) atoms. The molecule has 0 unspecified atom stereocenters. The number of hydrogen-bond donors (Lipinski definition) is 2. The van der Waals surface area contributed by atoms with Crippen molar-refractivity contribution in [2.45, 2.75) is 32.4 Å². The summed E-state index contributed by atoms with van der Waals surface area (Å²) in [4.78, 5) is 26.8. The second-order valence-electron chi connectivity index (χ2n) is 6.68. The Morgan fingerprint density at radius 2 is 2.12 bits per heavy atom. The Balaban J connectivity index is 1.52. The molecule has 2 amide bonds. The van der Waals surface area contributed by atoms with Crippen molar-refractivity contribution >= 4 is 23.2 Å². The molecule has 0 bridgehead atoms. The quantitative estimate of drug-likeness (QED) is 0.907. The van der Waals surface area contributed by atoms with Gasteiger partial charge in [0.25, 0.3) is 5.91 Å². The maximum Gasteiger partial charge on any atom is 0.251 e. The minimum absolute atomic E-state index is 0.0301. The van der Waals surface area contributed by atoms with Crippen LogP contribution in [0, 0.1) is 6.92 Å². The first-order valence-electron chi connectivity index (χ1n) is 8.68. The summed E-state index contributed by atoms with van der Waals surface area (Å²) in [6, 6.07) is 13.5. The van der Waals surface area contributed by atoms with Crippen LogP contribution in [0.25, 0.3) is 0 Å². The lowest BCUT2D eigenvalue weighted by Crippen LogP contribution is -2.44. The number of aryl methyl sites for hydroxylation is 1. The molecule has 2 aromatic rings. The van der Waals surface area contributed by atoms with E-state index in [4.69, 9.17) is 0 Å². The van der Waals surface area contributed by atoms with Gasteiger partial charge in [0.05, 0.1) is 11.4 Å². The molecule has 0 saturated carbocycles. The normalized spacial score (nSPS) is 18.4. The minimum Gasteiger partial charge on any atom is -0.358 e. The third kappa shape index (κ3) is 2.86. The van der Waals surface area contributed by atoms with Crippen molar-refractivity contribution in [2.75, 3.05) is 16.8 Å². The number of carbonyl (C=O) groups is 2. The zero-order valence-electron chi connectivity index (χ0n) is 14.2. The second kappa shape index (κ2) is 6.24. The van der Waals surface area contributed by atoms with Crippen LogP contribution in [0.3, 0.4) is 0 Å². The molecule has 128 valence electrons. The summed E-state index contributed by atoms with van der Waals surface area (Å²) in [5.74, 6) is -0.105. The number of anilines is 2. The third-order valence-electron chi connectivity index (χ3n) is 5.08. The van der Waals surface area contributed by atoms with Crippen LogP contribution in [0.4, 0.5) is 11.4 Å². The first-order chi connectivity index (χ1) is 12.1. The number of rotatable bonds is 3. The van der Waals surface area contributed by atoms with Gasteiger partial charge in [-0.25, -0.2) is 0 Å². The molecule has 0 aromatic heterocycles. The van der Waals surface area contributed by atoms with E-state index < -0.39 is 0 Å². The van der Waals surface area contributed by atoms with Crippen molar-refractivity contribution in [1.82, 2.24) is 5.32 Å². The SMILES string of the molecule is Cc1ccccc1CNC(=O)c1ccc2c(c1)NC(=O)[C@@H]1CCCN21. The predicted molar refractivity (Wildman–Crippen MR) is 97.8 cm³/mol. The molecule has 1 atom stereocenters. The van der Waals surface area contributed by atoms with Gasteiger partial charge in [0.2, 0.25) is 5.91 Å². The molecule has 2 aliphatic heterocycles. The average molecular weight is 335 g/mol. The first-order valence-corrected chi connectivity index (χ1v) is 8.68. The highest BCUT2D eigenvalue weighted by atomic mass is 16.2. The van der Waals surface area contributed by atoms with Gasteiger partial charge in [0.1, 0.15) is 6.04 Å². The van der Waals surface area contributed by atoms with E-state index in [1.54, 1.807) is 6.07 Å². The van der Waals surface area contributed by atoms with Gasteiger partial charge in [0.15, 0.2) is 0 Å². The molecule has 1 saturated heterocycles. The molecule has 0 spiro atoms. The van der Waals surface area contributed by atoms with E-state index in [1.807, 2.05) is 43.3 Å². The number of carbonyl (C=O) groups excluding carboxylic acids is 2. The number of hydrogen-bond acceptors (Lipinski definition) is 3. The molecule has 5 heteroatoms. The number of benzene rings is 2. The Kier molecular flexibility index (Phi) is 3.92. The molecule has 2 aromatic carbocycles. The number of nitrogens with one attached hydrogen (secondary N) is 2. The molecule has 5 nitrogen and oxygen atoms in total. The fourth-order valence-electron chi connectivity index (χ4n) is 3.66. The van der Waals surface area contributed by atoms with E-state index in [1.165, 1.54) is 0 Å². The van der Waals surface area contributed by atoms with E-state index >= 15 is 0 Å². The fraction of sp³-hybridized carbons (Fsp3) is 0.300. The second-order valence-corrected chi connectivity index (χ2v) is 6.68. The van der Waals surface area contributed by atoms with Gasteiger partial charge in [-0.2, -0.15) is 0 Å². The van der Waals surface area contributed by atoms with Crippen LogP contribution in [0.1, 0.15) is 34.3 Å². The van der Waals surface area contributed by atoms with E-state index in [2.05, 4.69) is 15.5 Å². The smallest absolute Gasteiger partial charge is 0.251 e. The van der Waals surface area contributed by atoms with E-state index in [9.17, 15) is 9.59 Å². The summed E-state index contributed by atoms with van der Waals surface area (Å²) in [7, 11) is 0. The molecule has 0 radical (unpaired) electrons. The summed E-state index contributed by atoms with van der Waals surface area (Å²) < 4.78 is 0. The maximum absolute atomic E-state index is 12.5. The van der Waals surface area contributed by atoms with E-state index in [-0.39, 0.29) is 17.9 Å². The summed E-state index contributed by atoms with van der Waals surface area (Å²) in [5.41, 5.74) is 4.55. The topological polar surface area (TPSA) is 61.4 Å². The van der Waals surface area contributed by atoms with Crippen LogP contribution in [0.15, 0.2) is 42.5 Å². The Bertz CT molecular complexity index is 847. The maximum atomic E-state index is 12.5. The highest BCUT2D eigenvalue weighted by Crippen LogP contribution is 2.37. The van der Waals surface area contributed by atoms with Crippen molar-refractivity contribution in [1.29, 1.82) is 0 Å². The molecule has 0 aliphatic carbocycles. The molecule has 1 fully saturated rings. The third-order valence-corrected chi connectivity index (χ3v) is 5.08. The monoisotopic (exact) mass is 335 g/mol. The predicted octanol–water partition coefficient (Wildman–Crippen LogP) is 2.85. The van der Waals surface area contributed by atoms with Crippen LogP contribution in [0.5, 0.6) is 0 Å². The summed E-state index contributed by atoms with van der Waals surface area (Å²) in [6.45, 7) is 3.41. The van der Waals surface area contributed by atoms with Gasteiger partial charge < -0.3 is 15.5 Å². The number of fused-ring (bicyclic) bond motifs is 3. The summed E-state index contributed by atoms with van der Waals surface area (Å²) in [5, 5.41) is 5.90. The zero-order chi connectivity index (χ0) is 17.4. The van der Waals surface area contributed by atoms with Crippen LogP contribution >= 0.6 is 0 Å². The van der Waals surface area contributed by atoms with Gasteiger partial charge in [0, 0.05) is 18.7 Å². The molecule has 4 rings (SSSR count). The van der Waals surface area contributed by atoms with Gasteiger partial charge in [-0.05, 0) is 49.1 Å². The highest BCUT2D eigenvalue weighted by molar-refractivity contribution is 6.06. The van der Waals surface area contributed by atoms with Crippen molar-refractivity contribution in [3.63, 3.8) is 0 Å². The molecular weight excluding hydrogens is 314 g/mol. The van der Waals surface area contributed by atoms with Crippen molar-refractivity contribution < 1.29 is 9.59 Å². The van der Waals surface area contributed by atoms with Crippen LogP contribution < -0.4 is 15.5 Å². The molecule has 2 N–H and O–H groups in total. The molecule has 2 aliphatic rings. The Morgan fingerprint density at radius 1 is 1.28 bits per heavy atom. The van der Waals surface area contributed by atoms with E-state index in [0.29, 0.717) is 12.1 Å². The summed E-state index contributed by atoms with van der Waals surface area (Å²) >= 11 is 0. The number of nitrogens with zero attached hydrogens (tertiary/aromatic N) is 1. The lowest BCUT2D eigenvalue weighted by molar-refractivity contribution is -0.117. The van der Waals surface area contributed by atoms with Gasteiger partial charge in [-0.1, -0.05) is 24.3 Å². The van der Waals surface area contributed by atoms with Crippen molar-refractivity contribution in [2.24, 2.45) is 0 Å². The van der Waals surface area contributed by atoms with Crippen molar-refractivity contribution in [3.8, 4) is 0 Å². The van der Waals surface area contributed by atoms with Gasteiger partial charge >= 0.3 is 0 Å². The first kappa shape index (κ1) is 15.7. The van der Waals surface area contributed by atoms with Gasteiger partial charge in [-0.3, -0.25) is 9.59 Å². The van der Waals surface area contributed by atoms with E-state index in [0.717, 1.165) is 41.9 Å². The largest absolute Gasteiger partial charge is 0.358 e. The average Bonchev–Trinajstić information content (AvgIpc) is 3.11. The zero-order valence-corrected chi connectivity index (χ0v) is 14.2. The minimum atomic E-state index is -0.135. The lowest BCUT2D eigenvalue weighted by atomic mass is 10.1. The Labute approximate surface area is 147 Å². The lowest BCUT2D eigenvalue weighted by Gasteiger charge is -2.33. The standard InChI is InChI=1S/C20H21N3O2/c1-13-5-2-3-6-15(13)12-21-19(24)14-8-9-17-16(11-14)22-20(25)18-7-4-10-23(17)18/h2-3,5-6,8-9,11,18H,4,7,10,12H2,1H3,(H,21,24)(H,22,25)/t18-/m0/s1. The van der Waals surface area contributed by atoms with Crippen LogP contribution in [0.2, 0.25) is 0 Å². The van der Waals surface area contributed by atoms with Crippen molar-refractivity contribution in [3.05, 3.63) is 59.2 Å². The van der Waals surface area contributed by atoms with Crippen LogP contribution in [-0.4, -0.2) is 24.4 Å². The van der Waals surface area contributed by atoms with Gasteiger partial charge in [-0.15, -0.1) is 0 Å². The molecule has 2 heterocycles. The van der Waals surface area contributed by atoms with Crippen LogP contribution in [-0.2, 0) is 11.3 Å². The fourth-order valence-corrected chi connectivity index (χ4v) is 3.66. The highest BCUT2D eigenvalue weighted by Gasteiger charge is 2.36. The Morgan fingerprint density at radius 3 is 2.96 bits per heavy atom. The Hall–Kier alpha value is -2.82.